The molecule has 1 saturated heterocycles. The van der Waals surface area contributed by atoms with Crippen molar-refractivity contribution in [1.29, 1.82) is 0 Å². The van der Waals surface area contributed by atoms with Crippen LogP contribution in [0.1, 0.15) is 124 Å². The van der Waals surface area contributed by atoms with Crippen LogP contribution in [0.25, 0.3) is 0 Å². The molecule has 5 saturated carbocycles. The molecule has 12 atom stereocenters. The fourth-order valence-corrected chi connectivity index (χ4v) is 11.6. The van der Waals surface area contributed by atoms with E-state index in [9.17, 15) is 9.90 Å². The van der Waals surface area contributed by atoms with Gasteiger partial charge in [0.05, 0.1) is 12.2 Å². The number of amides is 2. The molecule has 5 nitrogen and oxygen atoms in total. The summed E-state index contributed by atoms with van der Waals surface area (Å²) in [5.41, 5.74) is 0.872. The van der Waals surface area contributed by atoms with Crippen molar-refractivity contribution < 1.29 is 14.6 Å². The Hall–Kier alpha value is -0.810. The summed E-state index contributed by atoms with van der Waals surface area (Å²) < 4.78 is 6.84. The Morgan fingerprint density at radius 3 is 2.44 bits per heavy atom. The molecule has 3 N–H and O–H groups in total. The summed E-state index contributed by atoms with van der Waals surface area (Å²) in [5, 5.41) is 16.2. The largest absolute Gasteiger partial charge is 0.396 e. The lowest BCUT2D eigenvalue weighted by molar-refractivity contribution is -0.118. The van der Waals surface area contributed by atoms with E-state index in [-0.39, 0.29) is 6.03 Å². The molecule has 6 aliphatic rings. The second kappa shape index (κ2) is 11.1. The second-order valence-corrected chi connectivity index (χ2v) is 15.8. The van der Waals surface area contributed by atoms with Crippen molar-refractivity contribution in [1.82, 2.24) is 10.6 Å². The van der Waals surface area contributed by atoms with Crippen LogP contribution < -0.4 is 10.6 Å². The van der Waals surface area contributed by atoms with Crippen molar-refractivity contribution in [2.75, 3.05) is 6.61 Å². The van der Waals surface area contributed by atoms with Gasteiger partial charge in [-0.25, -0.2) is 4.79 Å². The predicted molar refractivity (Wildman–Crippen MR) is 156 cm³/mol. The first kappa shape index (κ1) is 28.3. The molecule has 222 valence electrons. The van der Waals surface area contributed by atoms with Gasteiger partial charge >= 0.3 is 6.03 Å². The van der Waals surface area contributed by atoms with E-state index in [4.69, 9.17) is 4.74 Å². The second-order valence-electron chi connectivity index (χ2n) is 15.8. The molecule has 39 heavy (non-hydrogen) atoms. The Morgan fingerprint density at radius 2 is 1.67 bits per heavy atom. The smallest absolute Gasteiger partial charge is 0.315 e. The summed E-state index contributed by atoms with van der Waals surface area (Å²) in [4.78, 5) is 12.8. The van der Waals surface area contributed by atoms with Gasteiger partial charge in [-0.3, -0.25) is 0 Å². The molecule has 3 unspecified atom stereocenters. The number of ether oxygens (including phenoxy) is 1. The van der Waals surface area contributed by atoms with E-state index in [1.165, 1.54) is 64.2 Å². The van der Waals surface area contributed by atoms with Crippen molar-refractivity contribution in [3.63, 3.8) is 0 Å². The number of aliphatic hydroxyl groups excluding tert-OH is 1. The molecule has 1 heterocycles. The quantitative estimate of drug-likeness (QED) is 0.336. The Kier molecular flexibility index (Phi) is 8.07. The van der Waals surface area contributed by atoms with E-state index in [1.807, 2.05) is 0 Å². The summed E-state index contributed by atoms with van der Waals surface area (Å²) >= 11 is 0. The molecular weight excluding hydrogens is 484 g/mol. The van der Waals surface area contributed by atoms with Crippen molar-refractivity contribution in [2.24, 2.45) is 52.3 Å². The normalized spacial score (nSPS) is 48.4. The zero-order chi connectivity index (χ0) is 27.4. The van der Waals surface area contributed by atoms with Crippen LogP contribution in [-0.4, -0.2) is 42.0 Å². The highest BCUT2D eigenvalue weighted by Crippen LogP contribution is 2.70. The maximum Gasteiger partial charge on any atom is 0.315 e. The standard InChI is InChI=1S/C34H58N2O3/c1-21(20-37)10-13-29-22(2)31-30(39-29)19-28-26-12-11-23-18-25(36-32(38)35-24-8-6-5-7-9-24)14-16-33(23,3)27(26)15-17-34(28,31)4/h21-31,37H,5-20H2,1-4H3,(H2,35,36,38)/t21-,22+,23+,25-,26+,27-,28-,29?,30?,31?,33-,34-/m0/s1. The molecule has 2 amide bonds. The molecule has 6 fully saturated rings. The number of nitrogens with one attached hydrogen (secondary N) is 2. The first-order valence-corrected chi connectivity index (χ1v) is 17.1. The van der Waals surface area contributed by atoms with Crippen LogP contribution in [-0.2, 0) is 4.74 Å². The van der Waals surface area contributed by atoms with E-state index in [1.54, 1.807) is 0 Å². The highest BCUT2D eigenvalue weighted by atomic mass is 16.5. The SMILES string of the molecule is C[C@H](CO)CCC1OC2C[C@H]3[C@@H]4CC[C@@H]5C[C@@H](NC(=O)NC6CCCCC6)CC[C@]5(C)[C@H]4CC[C@]3(C)C2[C@@H]1C. The average Bonchev–Trinajstić information content (AvgIpc) is 3.40. The first-order chi connectivity index (χ1) is 18.7. The highest BCUT2D eigenvalue weighted by molar-refractivity contribution is 5.74. The van der Waals surface area contributed by atoms with Crippen LogP contribution in [0, 0.1) is 52.3 Å². The van der Waals surface area contributed by atoms with Gasteiger partial charge in [0.25, 0.3) is 0 Å². The zero-order valence-electron chi connectivity index (χ0n) is 25.4. The lowest BCUT2D eigenvalue weighted by atomic mass is 9.44. The third-order valence-corrected chi connectivity index (χ3v) is 13.8. The van der Waals surface area contributed by atoms with E-state index < -0.39 is 0 Å². The average molecular weight is 543 g/mol. The van der Waals surface area contributed by atoms with Crippen LogP contribution in [0.4, 0.5) is 4.79 Å². The molecule has 5 aliphatic carbocycles. The fourth-order valence-electron chi connectivity index (χ4n) is 11.6. The van der Waals surface area contributed by atoms with Gasteiger partial charge in [0.1, 0.15) is 0 Å². The van der Waals surface area contributed by atoms with Crippen molar-refractivity contribution in [2.45, 2.75) is 148 Å². The van der Waals surface area contributed by atoms with Crippen LogP contribution in [0.15, 0.2) is 0 Å². The summed E-state index contributed by atoms with van der Waals surface area (Å²) in [7, 11) is 0. The van der Waals surface area contributed by atoms with Gasteiger partial charge in [0, 0.05) is 18.7 Å². The maximum absolute atomic E-state index is 12.8. The van der Waals surface area contributed by atoms with Gasteiger partial charge in [-0.05, 0) is 129 Å². The molecule has 6 rings (SSSR count). The number of carbonyl (C=O) groups is 1. The lowest BCUT2D eigenvalue weighted by Crippen LogP contribution is -2.56. The lowest BCUT2D eigenvalue weighted by Gasteiger charge is -2.61. The monoisotopic (exact) mass is 542 g/mol. The molecule has 1 aliphatic heterocycles. The number of rotatable bonds is 6. The van der Waals surface area contributed by atoms with Crippen LogP contribution in [0.3, 0.4) is 0 Å². The first-order valence-electron chi connectivity index (χ1n) is 17.1. The van der Waals surface area contributed by atoms with Crippen LogP contribution >= 0.6 is 0 Å². The van der Waals surface area contributed by atoms with E-state index in [0.717, 1.165) is 55.8 Å². The number of hydrogen-bond acceptors (Lipinski definition) is 3. The molecule has 0 aromatic rings. The summed E-state index contributed by atoms with van der Waals surface area (Å²) in [6.07, 6.45) is 19.6. The van der Waals surface area contributed by atoms with Gasteiger partial charge in [0.2, 0.25) is 0 Å². The van der Waals surface area contributed by atoms with E-state index >= 15 is 0 Å². The van der Waals surface area contributed by atoms with Crippen LogP contribution in [0.5, 0.6) is 0 Å². The van der Waals surface area contributed by atoms with Gasteiger partial charge < -0.3 is 20.5 Å². The summed E-state index contributed by atoms with van der Waals surface area (Å²) in [5.74, 6) is 5.02. The minimum Gasteiger partial charge on any atom is -0.396 e. The third-order valence-electron chi connectivity index (χ3n) is 13.8. The Morgan fingerprint density at radius 1 is 0.923 bits per heavy atom. The number of aliphatic hydroxyl groups is 1. The molecule has 0 bridgehead atoms. The van der Waals surface area contributed by atoms with Gasteiger partial charge in [-0.1, -0.05) is 47.0 Å². The minimum atomic E-state index is 0.0911. The Bertz CT molecular complexity index is 875. The van der Waals surface area contributed by atoms with Gasteiger partial charge in [-0.15, -0.1) is 0 Å². The Balaban J connectivity index is 1.07. The van der Waals surface area contributed by atoms with E-state index in [2.05, 4.69) is 38.3 Å². The highest BCUT2D eigenvalue weighted by Gasteiger charge is 2.65. The maximum atomic E-state index is 12.8. The number of fused-ring (bicyclic) bond motifs is 7. The molecular formula is C34H58N2O3. The number of urea groups is 1. The van der Waals surface area contributed by atoms with Gasteiger partial charge in [0.15, 0.2) is 0 Å². The van der Waals surface area contributed by atoms with E-state index in [0.29, 0.717) is 59.5 Å². The van der Waals surface area contributed by atoms with Gasteiger partial charge in [-0.2, -0.15) is 0 Å². The minimum absolute atomic E-state index is 0.0911. The molecule has 0 aromatic heterocycles. The fraction of sp³-hybridized carbons (Fsp3) is 0.971. The molecule has 0 radical (unpaired) electrons. The molecule has 5 heteroatoms. The molecule has 0 aromatic carbocycles. The van der Waals surface area contributed by atoms with Crippen molar-refractivity contribution >= 4 is 6.03 Å². The number of carbonyl (C=O) groups excluding carboxylic acids is 1. The van der Waals surface area contributed by atoms with Crippen molar-refractivity contribution in [3.8, 4) is 0 Å². The predicted octanol–water partition coefficient (Wildman–Crippen LogP) is 7.07. The summed E-state index contributed by atoms with van der Waals surface area (Å²) in [6.45, 7) is 10.2. The third kappa shape index (κ3) is 5.08. The van der Waals surface area contributed by atoms with Crippen molar-refractivity contribution in [3.05, 3.63) is 0 Å². The summed E-state index contributed by atoms with van der Waals surface area (Å²) in [6, 6.07) is 0.826. The van der Waals surface area contributed by atoms with Crippen LogP contribution in [0.2, 0.25) is 0 Å². The topological polar surface area (TPSA) is 70.6 Å². The zero-order valence-corrected chi connectivity index (χ0v) is 25.4. The Labute approximate surface area is 238 Å². The number of hydrogen-bond donors (Lipinski definition) is 3. The molecule has 0 spiro atoms.